The van der Waals surface area contributed by atoms with Crippen molar-refractivity contribution in [1.82, 2.24) is 24.6 Å². The lowest BCUT2D eigenvalue weighted by Crippen LogP contribution is -2.41. The van der Waals surface area contributed by atoms with E-state index in [1.54, 1.807) is 17.6 Å². The lowest BCUT2D eigenvalue weighted by Gasteiger charge is -2.33. The number of piperidine rings is 1. The monoisotopic (exact) mass is 421 g/mol. The number of rotatable bonds is 8. The molecule has 2 aliphatic heterocycles. The third kappa shape index (κ3) is 5.74. The second-order valence-electron chi connectivity index (χ2n) is 8.37. The van der Waals surface area contributed by atoms with Gasteiger partial charge in [0, 0.05) is 45.2 Å². The fourth-order valence-corrected chi connectivity index (χ4v) is 4.23. The maximum absolute atomic E-state index is 13.3. The van der Waals surface area contributed by atoms with Gasteiger partial charge in [-0.1, -0.05) is 12.1 Å². The minimum Gasteiger partial charge on any atom is -0.491 e. The van der Waals surface area contributed by atoms with E-state index < -0.39 is 12.0 Å². The first-order chi connectivity index (χ1) is 14.5. The van der Waals surface area contributed by atoms with Crippen LogP contribution < -0.4 is 4.74 Å². The number of ether oxygens (including phenoxy) is 1. The normalized spacial score (nSPS) is 21.7. The van der Waals surface area contributed by atoms with Gasteiger partial charge in [0.25, 0.3) is 5.92 Å². The van der Waals surface area contributed by atoms with E-state index in [1.165, 1.54) is 0 Å². The molecule has 1 aromatic carbocycles. The third-order valence-electron chi connectivity index (χ3n) is 5.90. The molecule has 1 N–H and O–H groups in total. The Balaban J connectivity index is 1.16. The molecular formula is C21H29F2N5O2. The van der Waals surface area contributed by atoms with Crippen LogP contribution in [-0.2, 0) is 6.54 Å². The van der Waals surface area contributed by atoms with Crippen LogP contribution in [0.4, 0.5) is 8.78 Å². The summed E-state index contributed by atoms with van der Waals surface area (Å²) in [6, 6.07) is 7.89. The number of likely N-dealkylation sites (tertiary alicyclic amines) is 2. The Morgan fingerprint density at radius 1 is 1.07 bits per heavy atom. The van der Waals surface area contributed by atoms with Crippen molar-refractivity contribution >= 4 is 0 Å². The summed E-state index contributed by atoms with van der Waals surface area (Å²) in [5.74, 6) is -1.89. The summed E-state index contributed by atoms with van der Waals surface area (Å²) in [7, 11) is 0. The maximum atomic E-state index is 13.3. The van der Waals surface area contributed by atoms with Gasteiger partial charge in [-0.15, -0.1) is 10.2 Å². The first-order valence-corrected chi connectivity index (χ1v) is 10.5. The zero-order chi connectivity index (χ0) is 21.0. The maximum Gasteiger partial charge on any atom is 0.261 e. The highest BCUT2D eigenvalue weighted by atomic mass is 19.3. The van der Waals surface area contributed by atoms with E-state index >= 15 is 0 Å². The highest BCUT2D eigenvalue weighted by molar-refractivity contribution is 5.27. The van der Waals surface area contributed by atoms with Gasteiger partial charge in [-0.3, -0.25) is 4.90 Å². The van der Waals surface area contributed by atoms with Crippen LogP contribution in [0.15, 0.2) is 36.9 Å². The predicted octanol–water partition coefficient (Wildman–Crippen LogP) is 2.20. The average molecular weight is 421 g/mol. The molecule has 4 rings (SSSR count). The molecule has 0 bridgehead atoms. The number of nitrogens with zero attached hydrogens (tertiary/aromatic N) is 5. The molecule has 1 aromatic heterocycles. The van der Waals surface area contributed by atoms with Crippen LogP contribution in [0.1, 0.15) is 30.9 Å². The first-order valence-electron chi connectivity index (χ1n) is 10.5. The highest BCUT2D eigenvalue weighted by Gasteiger charge is 2.37. The second kappa shape index (κ2) is 9.36. The Morgan fingerprint density at radius 2 is 1.77 bits per heavy atom. The molecule has 7 nitrogen and oxygen atoms in total. The predicted molar refractivity (Wildman–Crippen MR) is 108 cm³/mol. The van der Waals surface area contributed by atoms with Crippen LogP contribution in [0.5, 0.6) is 5.75 Å². The molecule has 0 amide bonds. The number of aliphatic hydroxyl groups excluding tert-OH is 1. The molecule has 2 saturated heterocycles. The lowest BCUT2D eigenvalue weighted by molar-refractivity contribution is 0.0115. The minimum absolute atomic E-state index is 0.0650. The largest absolute Gasteiger partial charge is 0.491 e. The van der Waals surface area contributed by atoms with Crippen molar-refractivity contribution in [2.45, 2.75) is 43.9 Å². The van der Waals surface area contributed by atoms with Gasteiger partial charge in [-0.05, 0) is 30.5 Å². The Labute approximate surface area is 175 Å². The summed E-state index contributed by atoms with van der Waals surface area (Å²) in [6.45, 7) is 3.42. The molecule has 1 unspecified atom stereocenters. The van der Waals surface area contributed by atoms with E-state index in [1.807, 2.05) is 24.3 Å². The van der Waals surface area contributed by atoms with Crippen molar-refractivity contribution in [3.8, 4) is 5.75 Å². The molecule has 9 heteroatoms. The first kappa shape index (κ1) is 21.1. The highest BCUT2D eigenvalue weighted by Crippen LogP contribution is 2.28. The number of alkyl halides is 2. The summed E-state index contributed by atoms with van der Waals surface area (Å²) in [4.78, 5) is 4.02. The molecule has 2 aromatic rings. The van der Waals surface area contributed by atoms with Gasteiger partial charge >= 0.3 is 0 Å². The SMILES string of the molecule is OC(COc1ccc(CN2CCC(F)(F)C2)cc1)CN1CCC(n2cnnc2)CC1. The van der Waals surface area contributed by atoms with Crippen molar-refractivity contribution < 1.29 is 18.6 Å². The smallest absolute Gasteiger partial charge is 0.261 e. The molecule has 0 aliphatic carbocycles. The minimum atomic E-state index is -2.56. The molecule has 0 saturated carbocycles. The Bertz CT molecular complexity index is 779. The number of aliphatic hydroxyl groups is 1. The molecule has 164 valence electrons. The summed E-state index contributed by atoms with van der Waals surface area (Å²) in [5.41, 5.74) is 0.983. The van der Waals surface area contributed by atoms with Crippen molar-refractivity contribution in [1.29, 1.82) is 0 Å². The van der Waals surface area contributed by atoms with Crippen LogP contribution in [-0.4, -0.2) is 81.0 Å². The van der Waals surface area contributed by atoms with Crippen molar-refractivity contribution in [2.75, 3.05) is 39.3 Å². The van der Waals surface area contributed by atoms with Crippen molar-refractivity contribution in [3.05, 3.63) is 42.5 Å². The van der Waals surface area contributed by atoms with Crippen LogP contribution in [0, 0.1) is 0 Å². The Kier molecular flexibility index (Phi) is 6.60. The van der Waals surface area contributed by atoms with Gasteiger partial charge in [0.1, 0.15) is 31.1 Å². The second-order valence-corrected chi connectivity index (χ2v) is 8.37. The summed E-state index contributed by atoms with van der Waals surface area (Å²) in [6.07, 6.45) is 4.91. The molecule has 3 heterocycles. The number of hydrogen-bond acceptors (Lipinski definition) is 6. The number of benzene rings is 1. The van der Waals surface area contributed by atoms with E-state index in [9.17, 15) is 13.9 Å². The lowest BCUT2D eigenvalue weighted by atomic mass is 10.0. The summed E-state index contributed by atoms with van der Waals surface area (Å²) < 4.78 is 34.4. The van der Waals surface area contributed by atoms with Crippen molar-refractivity contribution in [3.63, 3.8) is 0 Å². The van der Waals surface area contributed by atoms with Gasteiger partial charge in [-0.25, -0.2) is 8.78 Å². The number of halogens is 2. The van der Waals surface area contributed by atoms with Crippen LogP contribution >= 0.6 is 0 Å². The quantitative estimate of drug-likeness (QED) is 0.705. The number of aromatic nitrogens is 3. The Morgan fingerprint density at radius 3 is 2.40 bits per heavy atom. The van der Waals surface area contributed by atoms with Crippen LogP contribution in [0.3, 0.4) is 0 Å². The topological polar surface area (TPSA) is 66.7 Å². The fourth-order valence-electron chi connectivity index (χ4n) is 4.23. The standard InChI is InChI=1S/C21H29F2N5O2/c22-21(23)7-10-27(14-21)11-17-1-3-20(4-2-17)30-13-19(29)12-26-8-5-18(6-9-26)28-15-24-25-16-28/h1-4,15-16,18-19,29H,5-14H2. The van der Waals surface area contributed by atoms with E-state index in [0.29, 0.717) is 31.4 Å². The van der Waals surface area contributed by atoms with Gasteiger partial charge in [-0.2, -0.15) is 0 Å². The molecule has 1 atom stereocenters. The van der Waals surface area contributed by atoms with E-state index in [0.717, 1.165) is 31.5 Å². The fraction of sp³-hybridized carbons (Fsp3) is 0.619. The molecule has 0 spiro atoms. The number of hydrogen-bond donors (Lipinski definition) is 1. The van der Waals surface area contributed by atoms with E-state index in [2.05, 4.69) is 19.7 Å². The van der Waals surface area contributed by atoms with Crippen molar-refractivity contribution in [2.24, 2.45) is 0 Å². The van der Waals surface area contributed by atoms with Gasteiger partial charge in [0.15, 0.2) is 0 Å². The van der Waals surface area contributed by atoms with E-state index in [-0.39, 0.29) is 19.6 Å². The van der Waals surface area contributed by atoms with Gasteiger partial charge in [0.2, 0.25) is 0 Å². The van der Waals surface area contributed by atoms with Crippen LogP contribution in [0.2, 0.25) is 0 Å². The Hall–Kier alpha value is -2.10. The van der Waals surface area contributed by atoms with E-state index in [4.69, 9.17) is 4.74 Å². The molecule has 0 radical (unpaired) electrons. The van der Waals surface area contributed by atoms with Crippen LogP contribution in [0.25, 0.3) is 0 Å². The zero-order valence-electron chi connectivity index (χ0n) is 17.0. The summed E-state index contributed by atoms with van der Waals surface area (Å²) >= 11 is 0. The molecular weight excluding hydrogens is 392 g/mol. The molecule has 2 aliphatic rings. The average Bonchev–Trinajstić information content (AvgIpc) is 3.38. The number of β-amino-alcohol motifs (C(OH)–C–C–N with tert-alkyl or cyclic N) is 1. The zero-order valence-corrected chi connectivity index (χ0v) is 17.0. The molecule has 30 heavy (non-hydrogen) atoms. The van der Waals surface area contributed by atoms with Gasteiger partial charge < -0.3 is 19.3 Å². The van der Waals surface area contributed by atoms with Gasteiger partial charge in [0.05, 0.1) is 6.54 Å². The third-order valence-corrected chi connectivity index (χ3v) is 5.90. The molecule has 2 fully saturated rings. The summed E-state index contributed by atoms with van der Waals surface area (Å²) in [5, 5.41) is 18.1.